The molecule has 0 aliphatic carbocycles. The van der Waals surface area contributed by atoms with Gasteiger partial charge in [-0.2, -0.15) is 0 Å². The van der Waals surface area contributed by atoms with Crippen molar-refractivity contribution in [2.24, 2.45) is 0 Å². The number of aromatic nitrogens is 1. The Labute approximate surface area is 95.2 Å². The van der Waals surface area contributed by atoms with Gasteiger partial charge in [-0.1, -0.05) is 25.5 Å². The minimum atomic E-state index is 0.771. The Kier molecular flexibility index (Phi) is 2.95. The Morgan fingerprint density at radius 3 is 2.88 bits per heavy atom. The molecule has 1 heterocycles. The van der Waals surface area contributed by atoms with Crippen molar-refractivity contribution in [3.05, 3.63) is 30.0 Å². The largest absolute Gasteiger partial charge is 0.494 e. The third-order valence-corrected chi connectivity index (χ3v) is 2.61. The van der Waals surface area contributed by atoms with Gasteiger partial charge in [-0.15, -0.1) is 0 Å². The number of fused-ring (bicyclic) bond motifs is 1. The van der Waals surface area contributed by atoms with Gasteiger partial charge in [-0.25, -0.2) is 4.98 Å². The van der Waals surface area contributed by atoms with Gasteiger partial charge in [0.05, 0.1) is 7.11 Å². The van der Waals surface area contributed by atoms with Gasteiger partial charge < -0.3 is 10.5 Å². The smallest absolute Gasteiger partial charge is 0.145 e. The molecule has 0 amide bonds. The maximum Gasteiger partial charge on any atom is 0.145 e. The summed E-state index contributed by atoms with van der Waals surface area (Å²) >= 11 is 0. The highest BCUT2D eigenvalue weighted by Gasteiger charge is 2.07. The lowest BCUT2D eigenvalue weighted by Crippen LogP contribution is -1.97. The van der Waals surface area contributed by atoms with Crippen LogP contribution >= 0.6 is 0 Å². The molecule has 0 saturated carbocycles. The molecule has 0 atom stereocenters. The van der Waals surface area contributed by atoms with Crippen molar-refractivity contribution in [1.82, 2.24) is 4.98 Å². The normalized spacial score (nSPS) is 10.6. The number of nitrogens with zero attached hydrogens (tertiary/aromatic N) is 1. The van der Waals surface area contributed by atoms with E-state index in [0.29, 0.717) is 0 Å². The molecular formula is C13H16N2O. The Balaban J connectivity index is 2.67. The van der Waals surface area contributed by atoms with Crippen molar-refractivity contribution in [3.63, 3.8) is 0 Å². The molecule has 2 rings (SSSR count). The number of aryl methyl sites for hydroxylation is 1. The quantitative estimate of drug-likeness (QED) is 0.858. The van der Waals surface area contributed by atoms with Crippen LogP contribution in [0.15, 0.2) is 24.3 Å². The van der Waals surface area contributed by atoms with Crippen LogP contribution in [0.2, 0.25) is 0 Å². The van der Waals surface area contributed by atoms with Gasteiger partial charge in [-0.3, -0.25) is 0 Å². The Hall–Kier alpha value is -1.77. The maximum absolute atomic E-state index is 6.02. The zero-order valence-electron chi connectivity index (χ0n) is 9.66. The van der Waals surface area contributed by atoms with E-state index in [-0.39, 0.29) is 0 Å². The number of rotatable bonds is 3. The summed E-state index contributed by atoms with van der Waals surface area (Å²) in [6.07, 6.45) is 2.01. The first-order valence-corrected chi connectivity index (χ1v) is 5.48. The van der Waals surface area contributed by atoms with E-state index in [0.717, 1.165) is 40.9 Å². The maximum atomic E-state index is 6.02. The number of ether oxygens (including phenoxy) is 1. The van der Waals surface area contributed by atoms with E-state index in [1.54, 1.807) is 7.11 Å². The Bertz CT molecular complexity index is 509. The second-order valence-electron chi connectivity index (χ2n) is 3.81. The Morgan fingerprint density at radius 1 is 1.38 bits per heavy atom. The van der Waals surface area contributed by atoms with Crippen LogP contribution in [0.1, 0.15) is 19.0 Å². The molecular weight excluding hydrogens is 200 g/mol. The fourth-order valence-electron chi connectivity index (χ4n) is 1.85. The summed E-state index contributed by atoms with van der Waals surface area (Å²) in [6, 6.07) is 7.75. The molecule has 0 spiro atoms. The fourth-order valence-corrected chi connectivity index (χ4v) is 1.85. The minimum absolute atomic E-state index is 0.771. The number of pyridine rings is 1. The van der Waals surface area contributed by atoms with Crippen LogP contribution in [0.25, 0.3) is 10.9 Å². The summed E-state index contributed by atoms with van der Waals surface area (Å²) in [5.41, 5.74) is 8.67. The van der Waals surface area contributed by atoms with E-state index in [1.807, 2.05) is 24.3 Å². The topological polar surface area (TPSA) is 48.1 Å². The van der Waals surface area contributed by atoms with Crippen molar-refractivity contribution >= 4 is 16.6 Å². The summed E-state index contributed by atoms with van der Waals surface area (Å²) < 4.78 is 5.30. The zero-order valence-corrected chi connectivity index (χ0v) is 9.66. The average Bonchev–Trinajstić information content (AvgIpc) is 2.29. The van der Waals surface area contributed by atoms with Gasteiger partial charge in [0.25, 0.3) is 0 Å². The molecule has 0 fully saturated rings. The third kappa shape index (κ3) is 1.81. The third-order valence-electron chi connectivity index (χ3n) is 2.61. The molecule has 2 aromatic rings. The highest BCUT2D eigenvalue weighted by atomic mass is 16.5. The van der Waals surface area contributed by atoms with E-state index in [2.05, 4.69) is 11.9 Å². The van der Waals surface area contributed by atoms with Crippen LogP contribution in [0, 0.1) is 0 Å². The van der Waals surface area contributed by atoms with Crippen LogP contribution in [-0.2, 0) is 6.42 Å². The summed E-state index contributed by atoms with van der Waals surface area (Å²) in [7, 11) is 1.65. The molecule has 3 nitrogen and oxygen atoms in total. The number of methoxy groups -OCH3 is 1. The van der Waals surface area contributed by atoms with Crippen LogP contribution in [0.5, 0.6) is 5.75 Å². The van der Waals surface area contributed by atoms with E-state index in [9.17, 15) is 0 Å². The first-order chi connectivity index (χ1) is 7.76. The van der Waals surface area contributed by atoms with Gasteiger partial charge >= 0.3 is 0 Å². The summed E-state index contributed by atoms with van der Waals surface area (Å²) in [5, 5.41) is 0.958. The second kappa shape index (κ2) is 4.39. The lowest BCUT2D eigenvalue weighted by molar-refractivity contribution is 0.419. The van der Waals surface area contributed by atoms with E-state index >= 15 is 0 Å². The molecule has 16 heavy (non-hydrogen) atoms. The number of nitrogens with two attached hydrogens (primary N) is 1. The molecule has 0 unspecified atom stereocenters. The number of hydrogen-bond donors (Lipinski definition) is 1. The number of anilines is 1. The van der Waals surface area contributed by atoms with Crippen LogP contribution in [0.3, 0.4) is 0 Å². The Morgan fingerprint density at radius 2 is 2.19 bits per heavy atom. The standard InChI is InChI=1S/C13H16N2O/c1-3-5-9-8-11(14)10-6-4-7-12(16-2)13(10)15-9/h4,6-8H,3,5H2,1-2H3,(H2,14,15). The predicted molar refractivity (Wildman–Crippen MR) is 66.7 cm³/mol. The van der Waals surface area contributed by atoms with Crippen molar-refractivity contribution < 1.29 is 4.74 Å². The van der Waals surface area contributed by atoms with Crippen molar-refractivity contribution in [2.45, 2.75) is 19.8 Å². The van der Waals surface area contributed by atoms with Crippen LogP contribution in [0.4, 0.5) is 5.69 Å². The molecule has 1 aromatic carbocycles. The van der Waals surface area contributed by atoms with Gasteiger partial charge in [0, 0.05) is 16.8 Å². The number of benzene rings is 1. The molecule has 0 saturated heterocycles. The average molecular weight is 216 g/mol. The van der Waals surface area contributed by atoms with Crippen molar-refractivity contribution in [3.8, 4) is 5.75 Å². The summed E-state index contributed by atoms with van der Waals surface area (Å²) in [6.45, 7) is 2.13. The summed E-state index contributed by atoms with van der Waals surface area (Å²) in [5.74, 6) is 0.780. The molecule has 0 radical (unpaired) electrons. The van der Waals surface area contributed by atoms with Crippen molar-refractivity contribution in [2.75, 3.05) is 12.8 Å². The van der Waals surface area contributed by atoms with Crippen LogP contribution < -0.4 is 10.5 Å². The van der Waals surface area contributed by atoms with Gasteiger partial charge in [0.1, 0.15) is 11.3 Å². The SMILES string of the molecule is CCCc1cc(N)c2cccc(OC)c2n1. The predicted octanol–water partition coefficient (Wildman–Crippen LogP) is 2.78. The second-order valence-corrected chi connectivity index (χ2v) is 3.81. The van der Waals surface area contributed by atoms with Gasteiger partial charge in [-0.05, 0) is 18.6 Å². The molecule has 0 aliphatic heterocycles. The van der Waals surface area contributed by atoms with E-state index < -0.39 is 0 Å². The van der Waals surface area contributed by atoms with E-state index in [1.165, 1.54) is 0 Å². The number of hydrogen-bond acceptors (Lipinski definition) is 3. The van der Waals surface area contributed by atoms with Crippen molar-refractivity contribution in [1.29, 1.82) is 0 Å². The molecule has 0 aliphatic rings. The first kappa shape index (κ1) is 10.7. The zero-order chi connectivity index (χ0) is 11.5. The lowest BCUT2D eigenvalue weighted by Gasteiger charge is -2.08. The molecule has 0 bridgehead atoms. The number of para-hydroxylation sites is 1. The van der Waals surface area contributed by atoms with Gasteiger partial charge in [0.15, 0.2) is 0 Å². The molecule has 1 aromatic heterocycles. The van der Waals surface area contributed by atoms with Gasteiger partial charge in [0.2, 0.25) is 0 Å². The molecule has 3 heteroatoms. The van der Waals surface area contributed by atoms with Crippen LogP contribution in [-0.4, -0.2) is 12.1 Å². The number of nitrogen functional groups attached to an aromatic ring is 1. The monoisotopic (exact) mass is 216 g/mol. The first-order valence-electron chi connectivity index (χ1n) is 5.48. The lowest BCUT2D eigenvalue weighted by atomic mass is 10.1. The highest BCUT2D eigenvalue weighted by Crippen LogP contribution is 2.28. The molecule has 84 valence electrons. The molecule has 2 N–H and O–H groups in total. The fraction of sp³-hybridized carbons (Fsp3) is 0.308. The van der Waals surface area contributed by atoms with E-state index in [4.69, 9.17) is 10.5 Å². The minimum Gasteiger partial charge on any atom is -0.494 e. The highest BCUT2D eigenvalue weighted by molar-refractivity contribution is 5.94. The summed E-state index contributed by atoms with van der Waals surface area (Å²) in [4.78, 5) is 4.59.